The van der Waals surface area contributed by atoms with E-state index in [0.29, 0.717) is 12.2 Å². The van der Waals surface area contributed by atoms with Gasteiger partial charge in [0.15, 0.2) is 5.82 Å². The first-order valence-electron chi connectivity index (χ1n) is 7.47. The minimum Gasteiger partial charge on any atom is -0.502 e. The van der Waals surface area contributed by atoms with Crippen molar-refractivity contribution < 1.29 is 14.4 Å². The summed E-state index contributed by atoms with van der Waals surface area (Å²) >= 11 is 11.0. The predicted octanol–water partition coefficient (Wildman–Crippen LogP) is 3.82. The third kappa shape index (κ3) is 4.18. The summed E-state index contributed by atoms with van der Waals surface area (Å²) in [4.78, 5) is 10.2. The van der Waals surface area contributed by atoms with Gasteiger partial charge in [0, 0.05) is 23.1 Å². The van der Waals surface area contributed by atoms with Crippen LogP contribution in [0.4, 0.5) is 10.1 Å². The van der Waals surface area contributed by atoms with Gasteiger partial charge in [-0.1, -0.05) is 23.7 Å². The summed E-state index contributed by atoms with van der Waals surface area (Å²) in [5.41, 5.74) is 0.291. The zero-order valence-electron chi connectivity index (χ0n) is 13.5. The second-order valence-corrected chi connectivity index (χ2v) is 6.25. The fourth-order valence-electron chi connectivity index (χ4n) is 2.31. The summed E-state index contributed by atoms with van der Waals surface area (Å²) < 4.78 is 14.5. The van der Waals surface area contributed by atoms with Crippen molar-refractivity contribution in [2.75, 3.05) is 0 Å². The van der Waals surface area contributed by atoms with Crippen LogP contribution in [0.3, 0.4) is 0 Å². The van der Waals surface area contributed by atoms with Crippen molar-refractivity contribution in [2.24, 2.45) is 5.10 Å². The normalized spacial score (nSPS) is 11.2. The second kappa shape index (κ2) is 7.64. The first-order valence-corrected chi connectivity index (χ1v) is 8.26. The lowest BCUT2D eigenvalue weighted by molar-refractivity contribution is -0.385. The molecule has 0 aliphatic heterocycles. The van der Waals surface area contributed by atoms with Crippen LogP contribution in [0.1, 0.15) is 17.0 Å². The quantitative estimate of drug-likeness (QED) is 0.289. The number of H-pyrrole nitrogens is 1. The molecule has 3 aromatic rings. The average molecular weight is 408 g/mol. The van der Waals surface area contributed by atoms with Crippen LogP contribution >= 0.6 is 23.8 Å². The van der Waals surface area contributed by atoms with Gasteiger partial charge >= 0.3 is 5.69 Å². The third-order valence-electron chi connectivity index (χ3n) is 3.59. The summed E-state index contributed by atoms with van der Waals surface area (Å²) in [5, 5.41) is 31.9. The van der Waals surface area contributed by atoms with Crippen molar-refractivity contribution in [3.8, 4) is 5.75 Å². The molecule has 1 aromatic heterocycles. The highest BCUT2D eigenvalue weighted by atomic mass is 35.5. The number of benzene rings is 2. The van der Waals surface area contributed by atoms with Crippen LogP contribution in [0, 0.1) is 20.7 Å². The van der Waals surface area contributed by atoms with E-state index < -0.39 is 16.4 Å². The molecular formula is C16H11ClFN5O3S. The summed E-state index contributed by atoms with van der Waals surface area (Å²) in [6.07, 6.45) is 1.50. The van der Waals surface area contributed by atoms with Crippen LogP contribution in [0.5, 0.6) is 5.75 Å². The van der Waals surface area contributed by atoms with Gasteiger partial charge in [-0.15, -0.1) is 0 Å². The van der Waals surface area contributed by atoms with Crippen molar-refractivity contribution in [2.45, 2.75) is 6.42 Å². The Morgan fingerprint density at radius 3 is 2.78 bits per heavy atom. The molecule has 0 aliphatic rings. The van der Waals surface area contributed by atoms with E-state index in [0.717, 1.165) is 11.6 Å². The number of phenolic OH excluding ortho intramolecular Hbond substituents is 1. The Morgan fingerprint density at radius 2 is 2.11 bits per heavy atom. The van der Waals surface area contributed by atoms with Crippen molar-refractivity contribution in [1.29, 1.82) is 0 Å². The maximum absolute atomic E-state index is 13.0. The summed E-state index contributed by atoms with van der Waals surface area (Å²) in [6, 6.07) is 8.23. The van der Waals surface area contributed by atoms with Gasteiger partial charge in [-0.3, -0.25) is 15.2 Å². The molecule has 11 heteroatoms. The van der Waals surface area contributed by atoms with Gasteiger partial charge < -0.3 is 5.11 Å². The number of nitro benzene ring substituents is 1. The highest BCUT2D eigenvalue weighted by Gasteiger charge is 2.18. The van der Waals surface area contributed by atoms with E-state index in [9.17, 15) is 19.6 Å². The summed E-state index contributed by atoms with van der Waals surface area (Å²) in [5.74, 6) is -0.490. The summed E-state index contributed by atoms with van der Waals surface area (Å²) in [7, 11) is 0. The van der Waals surface area contributed by atoms with Crippen LogP contribution in [0.2, 0.25) is 5.02 Å². The molecule has 0 unspecified atom stereocenters. The fraction of sp³-hybridized carbons (Fsp3) is 0.0625. The van der Waals surface area contributed by atoms with Crippen LogP contribution < -0.4 is 0 Å². The molecule has 0 bridgehead atoms. The largest absolute Gasteiger partial charge is 0.502 e. The molecule has 0 saturated carbocycles. The molecule has 0 spiro atoms. The standard InChI is InChI=1S/C16H11ClFN5O3S/c17-11-6-10(15(24)13(7-11)23(25)26)8-19-22-14(20-21-16(22)27)5-9-1-3-12(18)4-2-9/h1-4,6-8,24H,5H2,(H,21,27)/b19-8+. The number of aromatic hydroxyl groups is 1. The lowest BCUT2D eigenvalue weighted by atomic mass is 10.1. The monoisotopic (exact) mass is 407 g/mol. The first kappa shape index (κ1) is 18.7. The van der Waals surface area contributed by atoms with Crippen LogP contribution in [0.25, 0.3) is 0 Å². The Kier molecular flexibility index (Phi) is 5.28. The van der Waals surface area contributed by atoms with E-state index in [2.05, 4.69) is 15.3 Å². The minimum atomic E-state index is -0.748. The van der Waals surface area contributed by atoms with Crippen LogP contribution in [-0.4, -0.2) is 31.1 Å². The number of aromatic nitrogens is 3. The number of hydrogen-bond acceptors (Lipinski definition) is 6. The average Bonchev–Trinajstić information content (AvgIpc) is 2.97. The summed E-state index contributed by atoms with van der Waals surface area (Å²) in [6.45, 7) is 0. The molecule has 0 radical (unpaired) electrons. The molecule has 0 fully saturated rings. The Labute approximate surface area is 161 Å². The van der Waals surface area contributed by atoms with Crippen molar-refractivity contribution in [3.63, 3.8) is 0 Å². The van der Waals surface area contributed by atoms with Crippen molar-refractivity contribution in [3.05, 3.63) is 79.1 Å². The van der Waals surface area contributed by atoms with Gasteiger partial charge in [-0.05, 0) is 36.0 Å². The van der Waals surface area contributed by atoms with Gasteiger partial charge in [0.1, 0.15) is 5.82 Å². The lowest BCUT2D eigenvalue weighted by Gasteiger charge is -2.03. The molecule has 2 N–H and O–H groups in total. The molecule has 0 amide bonds. The second-order valence-electron chi connectivity index (χ2n) is 5.42. The number of halogens is 2. The number of hydrogen-bond donors (Lipinski definition) is 2. The number of rotatable bonds is 5. The zero-order chi connectivity index (χ0) is 19.6. The van der Waals surface area contributed by atoms with Gasteiger partial charge in [-0.2, -0.15) is 14.9 Å². The molecule has 8 nitrogen and oxygen atoms in total. The van der Waals surface area contributed by atoms with Crippen molar-refractivity contribution >= 4 is 35.7 Å². The van der Waals surface area contributed by atoms with Crippen LogP contribution in [-0.2, 0) is 6.42 Å². The van der Waals surface area contributed by atoms with E-state index in [1.165, 1.54) is 29.1 Å². The predicted molar refractivity (Wildman–Crippen MR) is 99.4 cm³/mol. The maximum atomic E-state index is 13.0. The molecule has 1 heterocycles. The van der Waals surface area contributed by atoms with Gasteiger partial charge in [-0.25, -0.2) is 4.39 Å². The zero-order valence-corrected chi connectivity index (χ0v) is 15.0. The molecule has 3 rings (SSSR count). The Balaban J connectivity index is 1.95. The number of nitro groups is 1. The first-order chi connectivity index (χ1) is 12.8. The molecule has 27 heavy (non-hydrogen) atoms. The number of phenols is 1. The van der Waals surface area contributed by atoms with E-state index in [1.54, 1.807) is 12.1 Å². The van der Waals surface area contributed by atoms with Gasteiger partial charge in [0.25, 0.3) is 0 Å². The smallest absolute Gasteiger partial charge is 0.312 e. The minimum absolute atomic E-state index is 0.0463. The number of aromatic amines is 1. The maximum Gasteiger partial charge on any atom is 0.312 e. The molecule has 2 aromatic carbocycles. The van der Waals surface area contributed by atoms with Crippen molar-refractivity contribution in [1.82, 2.24) is 14.9 Å². The molecular weight excluding hydrogens is 397 g/mol. The topological polar surface area (TPSA) is 109 Å². The fourth-order valence-corrected chi connectivity index (χ4v) is 2.72. The Hall–Kier alpha value is -3.11. The molecule has 138 valence electrons. The lowest BCUT2D eigenvalue weighted by Crippen LogP contribution is -2.01. The van der Waals surface area contributed by atoms with E-state index in [4.69, 9.17) is 23.8 Å². The number of nitrogens with one attached hydrogen (secondary N) is 1. The van der Waals surface area contributed by atoms with Crippen LogP contribution in [0.15, 0.2) is 41.5 Å². The Morgan fingerprint density at radius 1 is 1.41 bits per heavy atom. The third-order valence-corrected chi connectivity index (χ3v) is 4.07. The Bertz CT molecular complexity index is 1090. The van der Waals surface area contributed by atoms with E-state index in [-0.39, 0.29) is 21.2 Å². The van der Waals surface area contributed by atoms with E-state index in [1.807, 2.05) is 0 Å². The number of nitrogens with zero attached hydrogens (tertiary/aromatic N) is 4. The van der Waals surface area contributed by atoms with Gasteiger partial charge in [0.05, 0.1) is 11.1 Å². The van der Waals surface area contributed by atoms with Gasteiger partial charge in [0.2, 0.25) is 10.5 Å². The van der Waals surface area contributed by atoms with E-state index >= 15 is 0 Å². The highest BCUT2D eigenvalue weighted by Crippen LogP contribution is 2.32. The molecule has 0 atom stereocenters. The SMILES string of the molecule is O=[N+]([O-])c1cc(Cl)cc(/C=N/n2c(Cc3ccc(F)cc3)n[nH]c2=S)c1O. The molecule has 0 saturated heterocycles. The highest BCUT2D eigenvalue weighted by molar-refractivity contribution is 7.71. The molecule has 0 aliphatic carbocycles.